The Morgan fingerprint density at radius 2 is 2.50 bits per heavy atom. The second-order valence-electron chi connectivity index (χ2n) is 1.74. The molecule has 1 saturated carbocycles. The Balaban J connectivity index is 2.26. The van der Waals surface area contributed by atoms with Crippen molar-refractivity contribution >= 4 is 0 Å². The highest BCUT2D eigenvalue weighted by Gasteiger charge is 2.25. The van der Waals surface area contributed by atoms with Crippen LogP contribution in [0.4, 0.5) is 0 Å². The topological polar surface area (TPSA) is 20.2 Å². The maximum Gasteiger partial charge on any atom is 0.0499 e. The SMILES string of the molecule is C=C1C[C@@H]1CO. The Morgan fingerprint density at radius 3 is 2.50 bits per heavy atom. The van der Waals surface area contributed by atoms with Gasteiger partial charge in [-0.3, -0.25) is 0 Å². The fraction of sp³-hybridized carbons (Fsp3) is 0.600. The molecule has 1 N–H and O–H groups in total. The Kier molecular flexibility index (Phi) is 0.701. The molecule has 1 atom stereocenters. The van der Waals surface area contributed by atoms with Crippen LogP contribution in [0, 0.1) is 5.92 Å². The van der Waals surface area contributed by atoms with E-state index < -0.39 is 0 Å². The van der Waals surface area contributed by atoms with Crippen LogP contribution in [0.3, 0.4) is 0 Å². The standard InChI is InChI=1S/C5H8O/c1-4-2-5(4)3-6/h5-6H,1-3H2/t5-/m1/s1. The monoisotopic (exact) mass is 84.1 g/mol. The van der Waals surface area contributed by atoms with Gasteiger partial charge in [0.15, 0.2) is 0 Å². The molecule has 34 valence electrons. The van der Waals surface area contributed by atoms with Gasteiger partial charge in [0.2, 0.25) is 0 Å². The maximum absolute atomic E-state index is 8.32. The van der Waals surface area contributed by atoms with Crippen molar-refractivity contribution in [3.8, 4) is 0 Å². The van der Waals surface area contributed by atoms with Crippen molar-refractivity contribution in [3.63, 3.8) is 0 Å². The predicted octanol–water partition coefficient (Wildman–Crippen LogP) is 0.555. The molecule has 0 bridgehead atoms. The lowest BCUT2D eigenvalue weighted by atomic mass is 10.4. The smallest absolute Gasteiger partial charge is 0.0499 e. The predicted molar refractivity (Wildman–Crippen MR) is 24.3 cm³/mol. The molecule has 0 aromatic heterocycles. The molecule has 0 spiro atoms. The van der Waals surface area contributed by atoms with E-state index >= 15 is 0 Å². The van der Waals surface area contributed by atoms with Crippen molar-refractivity contribution in [1.29, 1.82) is 0 Å². The second-order valence-corrected chi connectivity index (χ2v) is 1.74. The summed E-state index contributed by atoms with van der Waals surface area (Å²) in [7, 11) is 0. The molecule has 1 fully saturated rings. The quantitative estimate of drug-likeness (QED) is 0.460. The molecule has 0 saturated heterocycles. The highest BCUT2D eigenvalue weighted by atomic mass is 16.3. The molecular formula is C5H8O. The lowest BCUT2D eigenvalue weighted by Gasteiger charge is -1.74. The first-order valence-corrected chi connectivity index (χ1v) is 2.13. The highest BCUT2D eigenvalue weighted by Crippen LogP contribution is 2.34. The van der Waals surface area contributed by atoms with E-state index in [1.165, 1.54) is 5.57 Å². The van der Waals surface area contributed by atoms with Gasteiger partial charge in [-0.2, -0.15) is 0 Å². The molecule has 1 rings (SSSR count). The molecule has 1 nitrogen and oxygen atoms in total. The largest absolute Gasteiger partial charge is 0.396 e. The van der Waals surface area contributed by atoms with Crippen LogP contribution in [0.1, 0.15) is 6.42 Å². The first-order valence-electron chi connectivity index (χ1n) is 2.13. The minimum Gasteiger partial charge on any atom is -0.396 e. The molecule has 0 amide bonds. The van der Waals surface area contributed by atoms with Crippen LogP contribution in [0.15, 0.2) is 12.2 Å². The lowest BCUT2D eigenvalue weighted by Crippen LogP contribution is -1.79. The van der Waals surface area contributed by atoms with Crippen molar-refractivity contribution in [2.45, 2.75) is 6.42 Å². The van der Waals surface area contributed by atoms with E-state index in [4.69, 9.17) is 5.11 Å². The van der Waals surface area contributed by atoms with Crippen LogP contribution in [0.5, 0.6) is 0 Å². The molecule has 0 aromatic carbocycles. The Labute approximate surface area is 37.3 Å². The zero-order valence-corrected chi connectivity index (χ0v) is 3.65. The summed E-state index contributed by atoms with van der Waals surface area (Å²) in [6, 6.07) is 0. The molecule has 0 aromatic rings. The summed E-state index contributed by atoms with van der Waals surface area (Å²) in [4.78, 5) is 0. The molecule has 0 aliphatic heterocycles. The van der Waals surface area contributed by atoms with E-state index in [2.05, 4.69) is 6.58 Å². The lowest BCUT2D eigenvalue weighted by molar-refractivity contribution is 0.281. The third-order valence-electron chi connectivity index (χ3n) is 1.15. The number of aliphatic hydroxyl groups excluding tert-OH is 1. The molecule has 0 radical (unpaired) electrons. The van der Waals surface area contributed by atoms with Gasteiger partial charge in [0.1, 0.15) is 0 Å². The fourth-order valence-corrected chi connectivity index (χ4v) is 0.451. The first kappa shape index (κ1) is 3.88. The van der Waals surface area contributed by atoms with Crippen molar-refractivity contribution < 1.29 is 5.11 Å². The first-order chi connectivity index (χ1) is 2.84. The average Bonchev–Trinajstić information content (AvgIpc) is 2.19. The average molecular weight is 84.1 g/mol. The molecule has 1 heteroatoms. The van der Waals surface area contributed by atoms with E-state index in [9.17, 15) is 0 Å². The van der Waals surface area contributed by atoms with Crippen molar-refractivity contribution in [2.24, 2.45) is 5.92 Å². The van der Waals surface area contributed by atoms with E-state index in [1.54, 1.807) is 0 Å². The molecule has 1 aliphatic rings. The van der Waals surface area contributed by atoms with Gasteiger partial charge in [0.25, 0.3) is 0 Å². The summed E-state index contributed by atoms with van der Waals surface area (Å²) in [6.07, 6.45) is 1.05. The number of aliphatic hydroxyl groups is 1. The normalized spacial score (nSPS) is 30.8. The fourth-order valence-electron chi connectivity index (χ4n) is 0.451. The molecule has 0 heterocycles. The molecule has 6 heavy (non-hydrogen) atoms. The third-order valence-corrected chi connectivity index (χ3v) is 1.15. The van der Waals surface area contributed by atoms with Gasteiger partial charge < -0.3 is 5.11 Å². The zero-order chi connectivity index (χ0) is 4.57. The highest BCUT2D eigenvalue weighted by molar-refractivity contribution is 5.18. The van der Waals surface area contributed by atoms with Crippen molar-refractivity contribution in [1.82, 2.24) is 0 Å². The van der Waals surface area contributed by atoms with Crippen LogP contribution < -0.4 is 0 Å². The number of rotatable bonds is 1. The summed E-state index contributed by atoms with van der Waals surface area (Å²) >= 11 is 0. The Hall–Kier alpha value is -0.300. The molecule has 0 unspecified atom stereocenters. The van der Waals surface area contributed by atoms with Crippen LogP contribution in [-0.2, 0) is 0 Å². The summed E-state index contributed by atoms with van der Waals surface area (Å²) in [5.74, 6) is 0.463. The van der Waals surface area contributed by atoms with Gasteiger partial charge in [-0.15, -0.1) is 0 Å². The van der Waals surface area contributed by atoms with Crippen molar-refractivity contribution in [2.75, 3.05) is 6.61 Å². The third kappa shape index (κ3) is 0.455. The molecular weight excluding hydrogens is 76.1 g/mol. The van der Waals surface area contributed by atoms with Gasteiger partial charge in [0, 0.05) is 12.5 Å². The van der Waals surface area contributed by atoms with E-state index in [0.29, 0.717) is 12.5 Å². The number of hydrogen-bond donors (Lipinski definition) is 1. The second kappa shape index (κ2) is 1.09. The van der Waals surface area contributed by atoms with E-state index in [0.717, 1.165) is 6.42 Å². The summed E-state index contributed by atoms with van der Waals surface area (Å²) in [5.41, 5.74) is 1.21. The van der Waals surface area contributed by atoms with Gasteiger partial charge >= 0.3 is 0 Å². The van der Waals surface area contributed by atoms with E-state index in [-0.39, 0.29) is 0 Å². The van der Waals surface area contributed by atoms with Crippen LogP contribution in [0.2, 0.25) is 0 Å². The van der Waals surface area contributed by atoms with E-state index in [1.807, 2.05) is 0 Å². The van der Waals surface area contributed by atoms with Crippen LogP contribution in [0.25, 0.3) is 0 Å². The molecule has 1 aliphatic carbocycles. The van der Waals surface area contributed by atoms with Gasteiger partial charge in [-0.1, -0.05) is 12.2 Å². The van der Waals surface area contributed by atoms with Gasteiger partial charge in [-0.25, -0.2) is 0 Å². The van der Waals surface area contributed by atoms with Crippen LogP contribution >= 0.6 is 0 Å². The van der Waals surface area contributed by atoms with Crippen molar-refractivity contribution in [3.05, 3.63) is 12.2 Å². The van der Waals surface area contributed by atoms with Gasteiger partial charge in [0.05, 0.1) is 0 Å². The Morgan fingerprint density at radius 1 is 2.00 bits per heavy atom. The van der Waals surface area contributed by atoms with Crippen LogP contribution in [-0.4, -0.2) is 11.7 Å². The van der Waals surface area contributed by atoms with Gasteiger partial charge in [-0.05, 0) is 6.42 Å². The minimum absolute atomic E-state index is 0.304. The zero-order valence-electron chi connectivity index (χ0n) is 3.65. The maximum atomic E-state index is 8.32. The number of hydrogen-bond acceptors (Lipinski definition) is 1. The summed E-state index contributed by atoms with van der Waals surface area (Å²) in [6.45, 7) is 3.96. The Bertz CT molecular complexity index is 76.0. The summed E-state index contributed by atoms with van der Waals surface area (Å²) < 4.78 is 0. The minimum atomic E-state index is 0.304. The summed E-state index contributed by atoms with van der Waals surface area (Å²) in [5, 5.41) is 8.32.